The first-order chi connectivity index (χ1) is 11.2. The zero-order chi connectivity index (χ0) is 18.0. The van der Waals surface area contributed by atoms with Gasteiger partial charge in [-0.1, -0.05) is 13.8 Å². The largest absolute Gasteiger partial charge is 0.347 e. The average Bonchev–Trinajstić information content (AvgIpc) is 3.05. The van der Waals surface area contributed by atoms with Crippen molar-refractivity contribution < 1.29 is 19.2 Å². The lowest BCUT2D eigenvalue weighted by Gasteiger charge is -2.27. The fourth-order valence-electron chi connectivity index (χ4n) is 3.51. The number of rotatable bonds is 5. The SMILES string of the molecule is CC(=O)NCC(=O)N1CC(=O)C2C1CCN2C(=O)C(N)CC(C)C. The molecule has 2 heterocycles. The molecule has 2 aliphatic rings. The van der Waals surface area contributed by atoms with Crippen LogP contribution >= 0.6 is 0 Å². The number of Topliss-reactive ketones (excluding diaryl/α,β-unsaturated/α-hetero) is 1. The third-order valence-corrected chi connectivity index (χ3v) is 4.56. The molecule has 0 spiro atoms. The van der Waals surface area contributed by atoms with Gasteiger partial charge in [0.1, 0.15) is 6.04 Å². The fourth-order valence-corrected chi connectivity index (χ4v) is 3.51. The number of amides is 3. The number of carbonyl (C=O) groups is 4. The molecule has 0 aromatic heterocycles. The van der Waals surface area contributed by atoms with Crippen LogP contribution in [0.4, 0.5) is 0 Å². The summed E-state index contributed by atoms with van der Waals surface area (Å²) >= 11 is 0. The summed E-state index contributed by atoms with van der Waals surface area (Å²) in [5, 5.41) is 2.45. The average molecular weight is 338 g/mol. The molecule has 2 rings (SSSR count). The molecule has 0 aliphatic carbocycles. The Hall–Kier alpha value is -1.96. The van der Waals surface area contributed by atoms with E-state index in [4.69, 9.17) is 5.73 Å². The quantitative estimate of drug-likeness (QED) is 0.659. The van der Waals surface area contributed by atoms with Gasteiger partial charge < -0.3 is 20.9 Å². The fraction of sp³-hybridized carbons (Fsp3) is 0.750. The minimum absolute atomic E-state index is 0.0169. The second kappa shape index (κ2) is 7.29. The van der Waals surface area contributed by atoms with Crippen LogP contribution in [0.3, 0.4) is 0 Å². The van der Waals surface area contributed by atoms with Crippen molar-refractivity contribution in [3.8, 4) is 0 Å². The smallest absolute Gasteiger partial charge is 0.242 e. The van der Waals surface area contributed by atoms with Crippen LogP contribution in [0.25, 0.3) is 0 Å². The van der Waals surface area contributed by atoms with E-state index in [0.717, 1.165) is 0 Å². The van der Waals surface area contributed by atoms with Gasteiger partial charge >= 0.3 is 0 Å². The van der Waals surface area contributed by atoms with Crippen LogP contribution in [0.1, 0.15) is 33.6 Å². The number of ketones is 1. The van der Waals surface area contributed by atoms with Gasteiger partial charge in [0.05, 0.1) is 25.2 Å². The Morgan fingerprint density at radius 3 is 2.54 bits per heavy atom. The Labute approximate surface area is 141 Å². The first-order valence-corrected chi connectivity index (χ1v) is 8.35. The van der Waals surface area contributed by atoms with Crippen LogP contribution < -0.4 is 11.1 Å². The van der Waals surface area contributed by atoms with Crippen LogP contribution in [0.2, 0.25) is 0 Å². The highest BCUT2D eigenvalue weighted by molar-refractivity contribution is 5.98. The second-order valence-electron chi connectivity index (χ2n) is 6.97. The molecule has 0 aromatic rings. The first-order valence-electron chi connectivity index (χ1n) is 8.35. The molecule has 0 aromatic carbocycles. The van der Waals surface area contributed by atoms with Crippen molar-refractivity contribution in [3.63, 3.8) is 0 Å². The Morgan fingerprint density at radius 2 is 1.96 bits per heavy atom. The van der Waals surface area contributed by atoms with Crippen molar-refractivity contribution in [1.82, 2.24) is 15.1 Å². The second-order valence-corrected chi connectivity index (χ2v) is 6.97. The first kappa shape index (κ1) is 18.4. The van der Waals surface area contributed by atoms with E-state index in [9.17, 15) is 19.2 Å². The predicted molar refractivity (Wildman–Crippen MR) is 86.7 cm³/mol. The summed E-state index contributed by atoms with van der Waals surface area (Å²) in [5.41, 5.74) is 5.97. The summed E-state index contributed by atoms with van der Waals surface area (Å²) in [5.74, 6) is -0.669. The zero-order valence-corrected chi connectivity index (χ0v) is 14.4. The van der Waals surface area contributed by atoms with Crippen LogP contribution in [0.5, 0.6) is 0 Å². The lowest BCUT2D eigenvalue weighted by Crippen LogP contribution is -2.50. The Kier molecular flexibility index (Phi) is 5.58. The maximum absolute atomic E-state index is 12.5. The van der Waals surface area contributed by atoms with Crippen molar-refractivity contribution in [1.29, 1.82) is 0 Å². The monoisotopic (exact) mass is 338 g/mol. The van der Waals surface area contributed by atoms with Crippen molar-refractivity contribution in [2.75, 3.05) is 19.6 Å². The number of hydrogen-bond donors (Lipinski definition) is 2. The van der Waals surface area contributed by atoms with Gasteiger partial charge in [0.25, 0.3) is 0 Å². The number of fused-ring (bicyclic) bond motifs is 1. The van der Waals surface area contributed by atoms with Gasteiger partial charge in [-0.3, -0.25) is 19.2 Å². The number of likely N-dealkylation sites (tertiary alicyclic amines) is 2. The lowest BCUT2D eigenvalue weighted by atomic mass is 10.0. The van der Waals surface area contributed by atoms with E-state index in [0.29, 0.717) is 19.4 Å². The van der Waals surface area contributed by atoms with E-state index in [2.05, 4.69) is 5.32 Å². The summed E-state index contributed by atoms with van der Waals surface area (Å²) in [4.78, 5) is 51.1. The molecular formula is C16H26N4O4. The van der Waals surface area contributed by atoms with Crippen molar-refractivity contribution in [2.24, 2.45) is 11.7 Å². The van der Waals surface area contributed by atoms with Crippen LogP contribution in [0.15, 0.2) is 0 Å². The van der Waals surface area contributed by atoms with Gasteiger partial charge in [-0.05, 0) is 18.8 Å². The molecule has 0 saturated carbocycles. The molecule has 8 nitrogen and oxygen atoms in total. The summed E-state index contributed by atoms with van der Waals surface area (Å²) in [6, 6.07) is -1.54. The maximum atomic E-state index is 12.5. The third-order valence-electron chi connectivity index (χ3n) is 4.56. The highest BCUT2D eigenvalue weighted by atomic mass is 16.2. The van der Waals surface area contributed by atoms with Gasteiger partial charge in [0.2, 0.25) is 17.7 Å². The molecule has 2 aliphatic heterocycles. The Bertz CT molecular complexity index is 548. The number of carbonyl (C=O) groups excluding carboxylic acids is 4. The molecule has 8 heteroatoms. The summed E-state index contributed by atoms with van der Waals surface area (Å²) in [6.07, 6.45) is 1.12. The lowest BCUT2D eigenvalue weighted by molar-refractivity contribution is -0.137. The number of hydrogen-bond acceptors (Lipinski definition) is 5. The summed E-state index contributed by atoms with van der Waals surface area (Å²) in [6.45, 7) is 5.59. The Balaban J connectivity index is 2.04. The standard InChI is InChI=1S/C16H26N4O4/c1-9(2)6-11(17)16(24)19-5-4-12-15(19)13(22)8-20(12)14(23)7-18-10(3)21/h9,11-12,15H,4-8,17H2,1-3H3,(H,18,21). The predicted octanol–water partition coefficient (Wildman–Crippen LogP) is -1.12. The highest BCUT2D eigenvalue weighted by Gasteiger charge is 2.51. The van der Waals surface area contributed by atoms with E-state index in [1.165, 1.54) is 16.7 Å². The molecule has 24 heavy (non-hydrogen) atoms. The van der Waals surface area contributed by atoms with Crippen molar-refractivity contribution in [3.05, 3.63) is 0 Å². The van der Waals surface area contributed by atoms with Gasteiger partial charge in [-0.2, -0.15) is 0 Å². The molecule has 134 valence electrons. The summed E-state index contributed by atoms with van der Waals surface area (Å²) in [7, 11) is 0. The van der Waals surface area contributed by atoms with Gasteiger partial charge in [-0.25, -0.2) is 0 Å². The Morgan fingerprint density at radius 1 is 1.29 bits per heavy atom. The van der Waals surface area contributed by atoms with Crippen molar-refractivity contribution in [2.45, 2.75) is 51.7 Å². The number of nitrogens with two attached hydrogens (primary N) is 1. The third kappa shape index (κ3) is 3.75. The highest BCUT2D eigenvalue weighted by Crippen LogP contribution is 2.30. The molecule has 2 saturated heterocycles. The molecule has 3 unspecified atom stereocenters. The molecule has 0 bridgehead atoms. The van der Waals surface area contributed by atoms with Gasteiger partial charge in [0.15, 0.2) is 5.78 Å². The van der Waals surface area contributed by atoms with Gasteiger partial charge in [-0.15, -0.1) is 0 Å². The number of nitrogens with one attached hydrogen (secondary N) is 1. The van der Waals surface area contributed by atoms with E-state index in [1.54, 1.807) is 0 Å². The molecule has 3 N–H and O–H groups in total. The number of nitrogens with zero attached hydrogens (tertiary/aromatic N) is 2. The van der Waals surface area contributed by atoms with E-state index in [-0.39, 0.29) is 48.6 Å². The van der Waals surface area contributed by atoms with E-state index >= 15 is 0 Å². The minimum Gasteiger partial charge on any atom is -0.347 e. The van der Waals surface area contributed by atoms with E-state index < -0.39 is 12.1 Å². The topological polar surface area (TPSA) is 113 Å². The normalized spacial score (nSPS) is 24.3. The summed E-state index contributed by atoms with van der Waals surface area (Å²) < 4.78 is 0. The minimum atomic E-state index is -0.624. The van der Waals surface area contributed by atoms with Crippen molar-refractivity contribution >= 4 is 23.5 Å². The zero-order valence-electron chi connectivity index (χ0n) is 14.4. The molecular weight excluding hydrogens is 312 g/mol. The van der Waals surface area contributed by atoms with E-state index in [1.807, 2.05) is 13.8 Å². The maximum Gasteiger partial charge on any atom is 0.242 e. The molecule has 2 fully saturated rings. The van der Waals surface area contributed by atoms with Crippen LogP contribution in [-0.4, -0.2) is 71.1 Å². The van der Waals surface area contributed by atoms with Gasteiger partial charge in [0, 0.05) is 13.5 Å². The molecule has 3 atom stereocenters. The van der Waals surface area contributed by atoms with Crippen LogP contribution in [0, 0.1) is 5.92 Å². The van der Waals surface area contributed by atoms with Crippen LogP contribution in [-0.2, 0) is 19.2 Å². The molecule has 0 radical (unpaired) electrons. The molecule has 3 amide bonds.